The molecule has 1 heteroatoms. The Morgan fingerprint density at radius 3 is 1.86 bits per heavy atom. The van der Waals surface area contributed by atoms with Gasteiger partial charge in [-0.2, -0.15) is 0 Å². The lowest BCUT2D eigenvalue weighted by Gasteiger charge is -2.12. The first-order valence-electron chi connectivity index (χ1n) is 10.7. The highest BCUT2D eigenvalue weighted by molar-refractivity contribution is 5.74. The summed E-state index contributed by atoms with van der Waals surface area (Å²) >= 11 is 0. The molecule has 0 aliphatic carbocycles. The molecular weight excluding hydrogens is 340 g/mol. The van der Waals surface area contributed by atoms with Gasteiger partial charge in [0.15, 0.2) is 0 Å². The van der Waals surface area contributed by atoms with Gasteiger partial charge in [-0.15, -0.1) is 0 Å². The van der Waals surface area contributed by atoms with Crippen LogP contribution in [0.4, 0.5) is 0 Å². The van der Waals surface area contributed by atoms with Gasteiger partial charge < -0.3 is 5.11 Å². The highest BCUT2D eigenvalue weighted by Gasteiger charge is 2.07. The molecule has 3 rings (SSSR count). The van der Waals surface area contributed by atoms with E-state index in [2.05, 4.69) is 80.6 Å². The van der Waals surface area contributed by atoms with Crippen molar-refractivity contribution in [3.05, 3.63) is 83.4 Å². The minimum Gasteiger partial charge on any atom is -0.396 e. The van der Waals surface area contributed by atoms with E-state index >= 15 is 0 Å². The Kier molecular flexibility index (Phi) is 7.45. The number of aliphatic hydroxyl groups excluding tert-OH is 1. The number of aryl methyl sites for hydroxylation is 2. The van der Waals surface area contributed by atoms with E-state index in [1.165, 1.54) is 64.6 Å². The van der Waals surface area contributed by atoms with E-state index < -0.39 is 0 Å². The fraction of sp³-hybridized carbons (Fsp3) is 0.333. The molecule has 0 heterocycles. The molecule has 0 saturated heterocycles. The second kappa shape index (κ2) is 10.2. The first-order chi connectivity index (χ1) is 13.7. The monoisotopic (exact) mass is 372 g/mol. The van der Waals surface area contributed by atoms with Crippen molar-refractivity contribution < 1.29 is 5.11 Å². The maximum Gasteiger partial charge on any atom is 0.0471 e. The van der Waals surface area contributed by atoms with Crippen LogP contribution in [-0.4, -0.2) is 11.7 Å². The van der Waals surface area contributed by atoms with Crippen molar-refractivity contribution in [2.24, 2.45) is 0 Å². The lowest BCUT2D eigenvalue weighted by Crippen LogP contribution is -1.92. The average molecular weight is 373 g/mol. The van der Waals surface area contributed by atoms with Crippen molar-refractivity contribution in [1.29, 1.82) is 0 Å². The molecule has 0 saturated carbocycles. The highest BCUT2D eigenvalue weighted by Crippen LogP contribution is 2.30. The molecule has 0 spiro atoms. The fourth-order valence-electron chi connectivity index (χ4n) is 3.77. The summed E-state index contributed by atoms with van der Waals surface area (Å²) in [6.07, 6.45) is 6.77. The van der Waals surface area contributed by atoms with Gasteiger partial charge in [0, 0.05) is 6.61 Å². The van der Waals surface area contributed by atoms with Gasteiger partial charge in [0.2, 0.25) is 0 Å². The second-order valence-electron chi connectivity index (χ2n) is 7.55. The molecule has 0 bridgehead atoms. The molecule has 1 nitrogen and oxygen atoms in total. The summed E-state index contributed by atoms with van der Waals surface area (Å²) in [7, 11) is 0. The third-order valence-corrected chi connectivity index (χ3v) is 5.51. The average Bonchev–Trinajstić information content (AvgIpc) is 2.75. The minimum absolute atomic E-state index is 0.200. The first-order valence-corrected chi connectivity index (χ1v) is 10.7. The molecule has 28 heavy (non-hydrogen) atoms. The molecule has 0 aromatic heterocycles. The topological polar surface area (TPSA) is 20.2 Å². The molecule has 3 aromatic carbocycles. The molecule has 0 fully saturated rings. The van der Waals surface area contributed by atoms with Crippen molar-refractivity contribution in [2.45, 2.75) is 52.4 Å². The maximum atomic E-state index is 9.10. The summed E-state index contributed by atoms with van der Waals surface area (Å²) in [5, 5.41) is 9.10. The Hall–Kier alpha value is -2.38. The van der Waals surface area contributed by atoms with Gasteiger partial charge in [0.1, 0.15) is 0 Å². The van der Waals surface area contributed by atoms with Gasteiger partial charge in [-0.3, -0.25) is 0 Å². The zero-order chi connectivity index (χ0) is 19.8. The van der Waals surface area contributed by atoms with Gasteiger partial charge in [-0.25, -0.2) is 0 Å². The van der Waals surface area contributed by atoms with Gasteiger partial charge >= 0.3 is 0 Å². The highest BCUT2D eigenvalue weighted by atomic mass is 16.2. The Bertz CT molecular complexity index is 860. The first kappa shape index (κ1) is 20.4. The predicted octanol–water partition coefficient (Wildman–Crippen LogP) is 6.85. The summed E-state index contributed by atoms with van der Waals surface area (Å²) in [6.45, 7) is 4.67. The van der Waals surface area contributed by atoms with E-state index in [0.717, 1.165) is 6.42 Å². The van der Waals surface area contributed by atoms with Crippen LogP contribution >= 0.6 is 0 Å². The van der Waals surface area contributed by atoms with Crippen LogP contribution in [0.3, 0.4) is 0 Å². The van der Waals surface area contributed by atoms with Crippen LogP contribution in [0.1, 0.15) is 49.8 Å². The predicted molar refractivity (Wildman–Crippen MR) is 121 cm³/mol. The quantitative estimate of drug-likeness (QED) is 0.407. The lowest BCUT2D eigenvalue weighted by atomic mass is 9.92. The second-order valence-corrected chi connectivity index (χ2v) is 7.55. The summed E-state index contributed by atoms with van der Waals surface area (Å²) < 4.78 is 0. The van der Waals surface area contributed by atoms with Gasteiger partial charge in [0.25, 0.3) is 0 Å². The largest absolute Gasteiger partial charge is 0.396 e. The van der Waals surface area contributed by atoms with Crippen LogP contribution in [0, 0.1) is 0 Å². The van der Waals surface area contributed by atoms with Gasteiger partial charge in [-0.1, -0.05) is 93.4 Å². The molecular formula is C27H32O. The number of aliphatic hydroxyl groups is 1. The zero-order valence-electron chi connectivity index (χ0n) is 17.2. The van der Waals surface area contributed by atoms with Crippen LogP contribution in [-0.2, 0) is 19.3 Å². The van der Waals surface area contributed by atoms with Crippen molar-refractivity contribution in [1.82, 2.24) is 0 Å². The van der Waals surface area contributed by atoms with Gasteiger partial charge in [0.05, 0.1) is 0 Å². The van der Waals surface area contributed by atoms with E-state index in [0.29, 0.717) is 6.42 Å². The Labute approximate surface area is 170 Å². The third kappa shape index (κ3) is 5.11. The lowest BCUT2D eigenvalue weighted by molar-refractivity contribution is 0.299. The van der Waals surface area contributed by atoms with Crippen molar-refractivity contribution in [3.63, 3.8) is 0 Å². The molecule has 0 unspecified atom stereocenters. The smallest absolute Gasteiger partial charge is 0.0471 e. The Balaban J connectivity index is 1.80. The van der Waals surface area contributed by atoms with E-state index in [1.807, 2.05) is 0 Å². The van der Waals surface area contributed by atoms with Crippen LogP contribution in [0.15, 0.2) is 66.7 Å². The van der Waals surface area contributed by atoms with Crippen LogP contribution in [0.25, 0.3) is 22.3 Å². The Morgan fingerprint density at radius 1 is 0.643 bits per heavy atom. The van der Waals surface area contributed by atoms with Crippen LogP contribution in [0.2, 0.25) is 0 Å². The van der Waals surface area contributed by atoms with Crippen molar-refractivity contribution >= 4 is 0 Å². The molecule has 0 atom stereocenters. The van der Waals surface area contributed by atoms with Crippen LogP contribution < -0.4 is 0 Å². The molecule has 0 aliphatic rings. The molecule has 3 aromatic rings. The van der Waals surface area contributed by atoms with Gasteiger partial charge in [-0.05, 0) is 64.6 Å². The standard InChI is InChI=1S/C27H32O/c1-3-5-6-7-21-8-12-24(13-9-21)26-16-17-27(23(4-2)20-26)25-14-10-22(11-15-25)18-19-28/h8-17,20,28H,3-7,18-19H2,1-2H3. The fourth-order valence-corrected chi connectivity index (χ4v) is 3.77. The number of unbranched alkanes of at least 4 members (excludes halogenated alkanes) is 2. The Morgan fingerprint density at radius 2 is 1.25 bits per heavy atom. The normalized spacial score (nSPS) is 11.0. The number of hydrogen-bond donors (Lipinski definition) is 1. The SMILES string of the molecule is CCCCCc1ccc(-c2ccc(-c3ccc(CCO)cc3)c(CC)c2)cc1. The van der Waals surface area contributed by atoms with Crippen molar-refractivity contribution in [3.8, 4) is 22.3 Å². The minimum atomic E-state index is 0.200. The summed E-state index contributed by atoms with van der Waals surface area (Å²) in [5.74, 6) is 0. The summed E-state index contributed by atoms with van der Waals surface area (Å²) in [4.78, 5) is 0. The van der Waals surface area contributed by atoms with E-state index in [4.69, 9.17) is 5.11 Å². The van der Waals surface area contributed by atoms with Crippen molar-refractivity contribution in [2.75, 3.05) is 6.61 Å². The summed E-state index contributed by atoms with van der Waals surface area (Å²) in [6, 6.07) is 24.5. The van der Waals surface area contributed by atoms with E-state index in [9.17, 15) is 0 Å². The van der Waals surface area contributed by atoms with E-state index in [-0.39, 0.29) is 6.61 Å². The van der Waals surface area contributed by atoms with Crippen LogP contribution in [0.5, 0.6) is 0 Å². The molecule has 0 radical (unpaired) electrons. The molecule has 0 aliphatic heterocycles. The molecule has 1 N–H and O–H groups in total. The molecule has 0 amide bonds. The number of benzene rings is 3. The number of rotatable bonds is 9. The summed E-state index contributed by atoms with van der Waals surface area (Å²) in [5.41, 5.74) is 9.12. The molecule has 146 valence electrons. The van der Waals surface area contributed by atoms with E-state index in [1.54, 1.807) is 0 Å². The zero-order valence-corrected chi connectivity index (χ0v) is 17.2. The number of hydrogen-bond acceptors (Lipinski definition) is 1. The maximum absolute atomic E-state index is 9.10. The third-order valence-electron chi connectivity index (χ3n) is 5.51.